The van der Waals surface area contributed by atoms with Crippen molar-refractivity contribution in [3.05, 3.63) is 18.1 Å². The molecule has 0 aliphatic rings. The van der Waals surface area contributed by atoms with Crippen molar-refractivity contribution in [3.63, 3.8) is 0 Å². The standard InChI is InChI=1S/C11H17ClN2O/c1-11(2,3)8(12)7-9-13-6-5-10(14-9)15-4/h5-6,8H,7H2,1-4H3. The van der Waals surface area contributed by atoms with E-state index in [-0.39, 0.29) is 10.8 Å². The molecule has 1 atom stereocenters. The van der Waals surface area contributed by atoms with Crippen molar-refractivity contribution < 1.29 is 4.74 Å². The Morgan fingerprint density at radius 1 is 1.47 bits per heavy atom. The summed E-state index contributed by atoms with van der Waals surface area (Å²) in [7, 11) is 1.59. The van der Waals surface area contributed by atoms with Crippen LogP contribution in [0.25, 0.3) is 0 Å². The Morgan fingerprint density at radius 3 is 2.67 bits per heavy atom. The number of hydrogen-bond donors (Lipinski definition) is 0. The Morgan fingerprint density at radius 2 is 2.13 bits per heavy atom. The van der Waals surface area contributed by atoms with Crippen LogP contribution in [0.2, 0.25) is 0 Å². The molecule has 0 aliphatic heterocycles. The van der Waals surface area contributed by atoms with Crippen molar-refractivity contribution in [2.24, 2.45) is 5.41 Å². The van der Waals surface area contributed by atoms with Gasteiger partial charge in [-0.25, -0.2) is 4.98 Å². The Bertz CT molecular complexity index is 323. The van der Waals surface area contributed by atoms with Crippen LogP contribution >= 0.6 is 11.6 Å². The molecule has 0 amide bonds. The first-order chi connectivity index (χ1) is 6.93. The van der Waals surface area contributed by atoms with Gasteiger partial charge in [0.25, 0.3) is 0 Å². The van der Waals surface area contributed by atoms with E-state index in [1.54, 1.807) is 19.4 Å². The molecular weight excluding hydrogens is 212 g/mol. The largest absolute Gasteiger partial charge is 0.481 e. The minimum atomic E-state index is 0.0182. The third-order valence-electron chi connectivity index (χ3n) is 2.19. The van der Waals surface area contributed by atoms with E-state index in [1.165, 1.54) is 0 Å². The number of halogens is 1. The summed E-state index contributed by atoms with van der Waals surface area (Å²) in [4.78, 5) is 8.39. The fourth-order valence-corrected chi connectivity index (χ4v) is 1.20. The van der Waals surface area contributed by atoms with E-state index in [2.05, 4.69) is 30.7 Å². The highest BCUT2D eigenvalue weighted by Gasteiger charge is 2.23. The second-order valence-electron chi connectivity index (χ2n) is 4.55. The Hall–Kier alpha value is -0.830. The Labute approximate surface area is 95.8 Å². The quantitative estimate of drug-likeness (QED) is 0.747. The zero-order valence-corrected chi connectivity index (χ0v) is 10.4. The molecular formula is C11H17ClN2O. The summed E-state index contributed by atoms with van der Waals surface area (Å²) < 4.78 is 5.03. The van der Waals surface area contributed by atoms with E-state index in [9.17, 15) is 0 Å². The highest BCUT2D eigenvalue weighted by molar-refractivity contribution is 6.21. The zero-order chi connectivity index (χ0) is 11.5. The molecule has 0 bridgehead atoms. The highest BCUT2D eigenvalue weighted by Crippen LogP contribution is 2.26. The first kappa shape index (κ1) is 12.2. The second kappa shape index (κ2) is 4.79. The smallest absolute Gasteiger partial charge is 0.216 e. The third kappa shape index (κ3) is 3.67. The summed E-state index contributed by atoms with van der Waals surface area (Å²) in [6, 6.07) is 1.73. The van der Waals surface area contributed by atoms with Gasteiger partial charge in [0, 0.05) is 24.1 Å². The van der Waals surface area contributed by atoms with Gasteiger partial charge >= 0.3 is 0 Å². The van der Waals surface area contributed by atoms with Crippen molar-refractivity contribution >= 4 is 11.6 Å². The van der Waals surface area contributed by atoms with Gasteiger partial charge in [-0.2, -0.15) is 4.98 Å². The van der Waals surface area contributed by atoms with Crippen molar-refractivity contribution in [2.75, 3.05) is 7.11 Å². The van der Waals surface area contributed by atoms with Crippen molar-refractivity contribution in [3.8, 4) is 5.88 Å². The lowest BCUT2D eigenvalue weighted by atomic mass is 9.90. The summed E-state index contributed by atoms with van der Waals surface area (Å²) in [5, 5.41) is 0.0182. The van der Waals surface area contributed by atoms with Crippen LogP contribution in [0.5, 0.6) is 5.88 Å². The molecule has 0 saturated carbocycles. The maximum atomic E-state index is 6.27. The molecule has 1 aromatic rings. The molecule has 0 spiro atoms. The van der Waals surface area contributed by atoms with Crippen LogP contribution in [0.4, 0.5) is 0 Å². The molecule has 1 aromatic heterocycles. The van der Waals surface area contributed by atoms with Gasteiger partial charge in [0.1, 0.15) is 5.82 Å². The lowest BCUT2D eigenvalue weighted by molar-refractivity contribution is 0.374. The van der Waals surface area contributed by atoms with Crippen molar-refractivity contribution in [2.45, 2.75) is 32.6 Å². The van der Waals surface area contributed by atoms with Crippen molar-refractivity contribution in [1.29, 1.82) is 0 Å². The predicted molar refractivity (Wildman–Crippen MR) is 61.4 cm³/mol. The van der Waals surface area contributed by atoms with Crippen LogP contribution in [0.3, 0.4) is 0 Å². The maximum Gasteiger partial charge on any atom is 0.216 e. The Balaban J connectivity index is 2.72. The zero-order valence-electron chi connectivity index (χ0n) is 9.62. The second-order valence-corrected chi connectivity index (χ2v) is 5.08. The molecule has 0 aliphatic carbocycles. The first-order valence-corrected chi connectivity index (χ1v) is 5.37. The van der Waals surface area contributed by atoms with Gasteiger partial charge < -0.3 is 4.74 Å². The summed E-state index contributed by atoms with van der Waals surface area (Å²) in [6.45, 7) is 6.31. The molecule has 0 aromatic carbocycles. The number of rotatable bonds is 3. The average molecular weight is 229 g/mol. The van der Waals surface area contributed by atoms with Crippen LogP contribution in [0.1, 0.15) is 26.6 Å². The van der Waals surface area contributed by atoms with Gasteiger partial charge in [-0.1, -0.05) is 20.8 Å². The fraction of sp³-hybridized carbons (Fsp3) is 0.636. The van der Waals surface area contributed by atoms with Gasteiger partial charge in [0.05, 0.1) is 7.11 Å². The fourth-order valence-electron chi connectivity index (χ4n) is 1.06. The minimum absolute atomic E-state index is 0.0182. The van der Waals surface area contributed by atoms with E-state index in [1.807, 2.05) is 0 Å². The first-order valence-electron chi connectivity index (χ1n) is 4.93. The lowest BCUT2D eigenvalue weighted by Gasteiger charge is -2.24. The van der Waals surface area contributed by atoms with E-state index < -0.39 is 0 Å². The lowest BCUT2D eigenvalue weighted by Crippen LogP contribution is -2.23. The highest BCUT2D eigenvalue weighted by atomic mass is 35.5. The molecule has 1 unspecified atom stereocenters. The topological polar surface area (TPSA) is 35.0 Å². The van der Waals surface area contributed by atoms with Crippen LogP contribution in [-0.2, 0) is 6.42 Å². The maximum absolute atomic E-state index is 6.27. The molecule has 0 radical (unpaired) electrons. The molecule has 0 fully saturated rings. The monoisotopic (exact) mass is 228 g/mol. The van der Waals surface area contributed by atoms with Gasteiger partial charge in [0.15, 0.2) is 0 Å². The van der Waals surface area contributed by atoms with E-state index >= 15 is 0 Å². The van der Waals surface area contributed by atoms with Crippen LogP contribution < -0.4 is 4.74 Å². The van der Waals surface area contributed by atoms with E-state index in [0.29, 0.717) is 12.3 Å². The van der Waals surface area contributed by atoms with Crippen LogP contribution in [0, 0.1) is 5.41 Å². The number of ether oxygens (including phenoxy) is 1. The van der Waals surface area contributed by atoms with Gasteiger partial charge in [-0.15, -0.1) is 11.6 Å². The molecule has 1 heterocycles. The summed E-state index contributed by atoms with van der Waals surface area (Å²) in [5.41, 5.74) is 0.0496. The summed E-state index contributed by atoms with van der Waals surface area (Å²) >= 11 is 6.27. The number of aromatic nitrogens is 2. The predicted octanol–water partition coefficient (Wildman–Crippen LogP) is 2.68. The van der Waals surface area contributed by atoms with Gasteiger partial charge in [0.2, 0.25) is 5.88 Å². The molecule has 0 saturated heterocycles. The van der Waals surface area contributed by atoms with E-state index in [0.717, 1.165) is 5.82 Å². The normalized spacial score (nSPS) is 13.7. The minimum Gasteiger partial charge on any atom is -0.481 e. The van der Waals surface area contributed by atoms with Gasteiger partial charge in [-0.05, 0) is 5.41 Å². The molecule has 1 rings (SSSR count). The molecule has 0 N–H and O–H groups in total. The molecule has 84 valence electrons. The number of alkyl halides is 1. The molecule has 15 heavy (non-hydrogen) atoms. The number of hydrogen-bond acceptors (Lipinski definition) is 3. The molecule has 4 heteroatoms. The van der Waals surface area contributed by atoms with Gasteiger partial charge in [-0.3, -0.25) is 0 Å². The summed E-state index contributed by atoms with van der Waals surface area (Å²) in [6.07, 6.45) is 2.34. The van der Waals surface area contributed by atoms with E-state index in [4.69, 9.17) is 16.3 Å². The number of nitrogens with zero attached hydrogens (tertiary/aromatic N) is 2. The summed E-state index contributed by atoms with van der Waals surface area (Å²) in [5.74, 6) is 1.31. The van der Waals surface area contributed by atoms with Crippen LogP contribution in [-0.4, -0.2) is 22.5 Å². The van der Waals surface area contributed by atoms with Crippen LogP contribution in [0.15, 0.2) is 12.3 Å². The molecule has 3 nitrogen and oxygen atoms in total. The van der Waals surface area contributed by atoms with Crippen molar-refractivity contribution in [1.82, 2.24) is 9.97 Å². The average Bonchev–Trinajstić information content (AvgIpc) is 2.16. The third-order valence-corrected chi connectivity index (χ3v) is 3.00. The SMILES string of the molecule is COc1ccnc(CC(Cl)C(C)(C)C)n1. The Kier molecular flexibility index (Phi) is 3.91. The number of methoxy groups -OCH3 is 1.